The minimum absolute atomic E-state index is 0.00597. The van der Waals surface area contributed by atoms with Crippen molar-refractivity contribution in [3.8, 4) is 11.5 Å². The van der Waals surface area contributed by atoms with Crippen molar-refractivity contribution in [1.29, 1.82) is 0 Å². The quantitative estimate of drug-likeness (QED) is 0.351. The number of carbonyl (C=O) groups is 2. The van der Waals surface area contributed by atoms with Gasteiger partial charge in [-0.3, -0.25) is 9.59 Å². The fourth-order valence-corrected chi connectivity index (χ4v) is 4.77. The molecule has 2 amide bonds. The van der Waals surface area contributed by atoms with Gasteiger partial charge in [0.2, 0.25) is 5.91 Å². The Morgan fingerprint density at radius 1 is 1.03 bits per heavy atom. The van der Waals surface area contributed by atoms with Crippen LogP contribution in [0.2, 0.25) is 0 Å². The van der Waals surface area contributed by atoms with Crippen molar-refractivity contribution in [3.63, 3.8) is 0 Å². The van der Waals surface area contributed by atoms with Crippen LogP contribution >= 0.6 is 15.9 Å². The third-order valence-electron chi connectivity index (χ3n) is 6.40. The molecule has 3 aromatic rings. The van der Waals surface area contributed by atoms with Crippen LogP contribution in [0.3, 0.4) is 0 Å². The van der Waals surface area contributed by atoms with Crippen molar-refractivity contribution in [2.45, 2.75) is 25.5 Å². The highest BCUT2D eigenvalue weighted by Crippen LogP contribution is 2.28. The first-order chi connectivity index (χ1) is 17.9. The molecule has 0 saturated carbocycles. The lowest BCUT2D eigenvalue weighted by atomic mass is 9.90. The topological polar surface area (TPSA) is 59.1 Å². The van der Waals surface area contributed by atoms with Crippen LogP contribution in [0.1, 0.15) is 18.4 Å². The van der Waals surface area contributed by atoms with Crippen molar-refractivity contribution in [1.82, 2.24) is 9.80 Å². The first-order valence-electron chi connectivity index (χ1n) is 12.2. The third kappa shape index (κ3) is 7.79. The molecule has 1 fully saturated rings. The van der Waals surface area contributed by atoms with Gasteiger partial charge in [-0.05, 0) is 48.0 Å². The first kappa shape index (κ1) is 26.7. The molecule has 4 rings (SSSR count). The van der Waals surface area contributed by atoms with Crippen molar-refractivity contribution < 1.29 is 23.5 Å². The fraction of sp³-hybridized carbons (Fsp3) is 0.310. The maximum absolute atomic E-state index is 13.2. The summed E-state index contributed by atoms with van der Waals surface area (Å²) in [5.41, 5.74) is 1.05. The van der Waals surface area contributed by atoms with E-state index in [4.69, 9.17) is 9.47 Å². The zero-order chi connectivity index (χ0) is 26.2. The van der Waals surface area contributed by atoms with Gasteiger partial charge in [-0.1, -0.05) is 52.3 Å². The summed E-state index contributed by atoms with van der Waals surface area (Å²) in [4.78, 5) is 29.6. The van der Waals surface area contributed by atoms with Crippen LogP contribution in [0, 0.1) is 11.7 Å². The Labute approximate surface area is 225 Å². The number of hydrogen-bond acceptors (Lipinski definition) is 4. The minimum Gasteiger partial charge on any atom is -0.490 e. The van der Waals surface area contributed by atoms with Crippen LogP contribution in [0.15, 0.2) is 83.3 Å². The fourth-order valence-electron chi connectivity index (χ4n) is 4.40. The lowest BCUT2D eigenvalue weighted by Gasteiger charge is -2.38. The molecular weight excluding hydrogens is 539 g/mol. The molecule has 1 aliphatic heterocycles. The van der Waals surface area contributed by atoms with Gasteiger partial charge in [0, 0.05) is 49.9 Å². The number of amides is 2. The highest BCUT2D eigenvalue weighted by molar-refractivity contribution is 9.10. The monoisotopic (exact) mass is 568 g/mol. The minimum atomic E-state index is -0.365. The van der Waals surface area contributed by atoms with E-state index in [0.29, 0.717) is 37.6 Å². The van der Waals surface area contributed by atoms with Gasteiger partial charge in [-0.2, -0.15) is 0 Å². The van der Waals surface area contributed by atoms with Crippen molar-refractivity contribution in [3.05, 3.63) is 94.7 Å². The highest BCUT2D eigenvalue weighted by Gasteiger charge is 2.35. The number of likely N-dealkylation sites (tertiary alicyclic amines) is 1. The lowest BCUT2D eigenvalue weighted by Crippen LogP contribution is -2.50. The van der Waals surface area contributed by atoms with Crippen molar-refractivity contribution >= 4 is 27.7 Å². The van der Waals surface area contributed by atoms with Gasteiger partial charge in [0.25, 0.3) is 5.91 Å². The number of benzene rings is 3. The summed E-state index contributed by atoms with van der Waals surface area (Å²) in [5.74, 6) is 0.406. The van der Waals surface area contributed by atoms with Crippen LogP contribution in [0.4, 0.5) is 4.39 Å². The second-order valence-electron chi connectivity index (χ2n) is 9.18. The van der Waals surface area contributed by atoms with Crippen LogP contribution in [-0.2, 0) is 16.1 Å². The van der Waals surface area contributed by atoms with E-state index < -0.39 is 0 Å². The Bertz CT molecular complexity index is 1190. The number of piperidine rings is 1. The van der Waals surface area contributed by atoms with E-state index in [0.717, 1.165) is 10.0 Å². The molecule has 37 heavy (non-hydrogen) atoms. The number of carbonyl (C=O) groups excluding carboxylic acids is 2. The largest absolute Gasteiger partial charge is 0.490 e. The van der Waals surface area contributed by atoms with E-state index in [1.165, 1.54) is 24.3 Å². The number of halogens is 2. The van der Waals surface area contributed by atoms with E-state index in [1.807, 2.05) is 54.6 Å². The van der Waals surface area contributed by atoms with Crippen LogP contribution < -0.4 is 9.47 Å². The molecule has 0 bridgehead atoms. The van der Waals surface area contributed by atoms with Crippen LogP contribution in [0.25, 0.3) is 0 Å². The number of hydrogen-bond donors (Lipinski definition) is 0. The molecule has 1 saturated heterocycles. The number of nitrogens with zero attached hydrogens (tertiary/aromatic N) is 2. The Balaban J connectivity index is 1.41. The summed E-state index contributed by atoms with van der Waals surface area (Å²) in [7, 11) is 1.79. The molecule has 3 aromatic carbocycles. The predicted octanol–water partition coefficient (Wildman–Crippen LogP) is 5.31. The molecule has 1 aliphatic rings. The molecular formula is C29H30BrFN2O4. The molecule has 2 atom stereocenters. The van der Waals surface area contributed by atoms with Gasteiger partial charge in [0.1, 0.15) is 23.4 Å². The van der Waals surface area contributed by atoms with Gasteiger partial charge in [-0.15, -0.1) is 0 Å². The average molecular weight is 569 g/mol. The molecule has 0 N–H and O–H groups in total. The number of ether oxygens (including phenoxy) is 2. The summed E-state index contributed by atoms with van der Waals surface area (Å²) in [5, 5.41) is 0. The van der Waals surface area contributed by atoms with E-state index in [2.05, 4.69) is 15.9 Å². The van der Waals surface area contributed by atoms with Gasteiger partial charge >= 0.3 is 0 Å². The predicted molar refractivity (Wildman–Crippen MR) is 143 cm³/mol. The Kier molecular flexibility index (Phi) is 9.17. The number of rotatable bonds is 9. The Hall–Kier alpha value is -3.39. The zero-order valence-electron chi connectivity index (χ0n) is 20.7. The summed E-state index contributed by atoms with van der Waals surface area (Å²) in [6, 6.07) is 23.0. The Morgan fingerprint density at radius 2 is 1.78 bits per heavy atom. The van der Waals surface area contributed by atoms with E-state index in [-0.39, 0.29) is 42.7 Å². The molecule has 0 aromatic heterocycles. The maximum atomic E-state index is 13.2. The molecule has 0 radical (unpaired) electrons. The maximum Gasteiger partial charge on any atom is 0.260 e. The summed E-state index contributed by atoms with van der Waals surface area (Å²) in [6.07, 6.45) is 0.630. The SMILES string of the molecule is CN(Cc1ccccc1)C(=O)C[C@H]1CN(C(=O)COc2ccc(F)cc2)CC[C@@H]1Oc1cccc(Br)c1. The second kappa shape index (κ2) is 12.7. The summed E-state index contributed by atoms with van der Waals surface area (Å²) >= 11 is 3.47. The van der Waals surface area contributed by atoms with Crippen LogP contribution in [0.5, 0.6) is 11.5 Å². The van der Waals surface area contributed by atoms with Gasteiger partial charge in [0.05, 0.1) is 0 Å². The smallest absolute Gasteiger partial charge is 0.260 e. The molecule has 0 unspecified atom stereocenters. The molecule has 0 spiro atoms. The zero-order valence-corrected chi connectivity index (χ0v) is 22.3. The molecule has 194 valence electrons. The molecule has 0 aliphatic carbocycles. The Morgan fingerprint density at radius 3 is 2.51 bits per heavy atom. The summed E-state index contributed by atoms with van der Waals surface area (Å²) < 4.78 is 25.9. The second-order valence-corrected chi connectivity index (χ2v) is 10.1. The average Bonchev–Trinajstić information content (AvgIpc) is 2.89. The van der Waals surface area contributed by atoms with Crippen LogP contribution in [-0.4, -0.2) is 54.5 Å². The molecule has 1 heterocycles. The van der Waals surface area contributed by atoms with Gasteiger partial charge in [-0.25, -0.2) is 4.39 Å². The lowest BCUT2D eigenvalue weighted by molar-refractivity contribution is -0.140. The normalized spacial score (nSPS) is 17.2. The van der Waals surface area contributed by atoms with E-state index in [1.54, 1.807) is 16.8 Å². The van der Waals surface area contributed by atoms with Crippen molar-refractivity contribution in [2.24, 2.45) is 5.92 Å². The van der Waals surface area contributed by atoms with E-state index >= 15 is 0 Å². The molecule has 6 nitrogen and oxygen atoms in total. The first-order valence-corrected chi connectivity index (χ1v) is 13.0. The van der Waals surface area contributed by atoms with Crippen molar-refractivity contribution in [2.75, 3.05) is 26.7 Å². The molecule has 8 heteroatoms. The highest BCUT2D eigenvalue weighted by atomic mass is 79.9. The standard InChI is InChI=1S/C29H30BrFN2O4/c1-32(18-21-6-3-2-4-7-21)28(34)16-22-19-33(29(35)20-36-25-12-10-24(31)11-13-25)15-14-27(22)37-26-9-5-8-23(30)17-26/h2-13,17,22,27H,14-16,18-20H2,1H3/t22-,27-/m0/s1. The van der Waals surface area contributed by atoms with E-state index in [9.17, 15) is 14.0 Å². The summed E-state index contributed by atoms with van der Waals surface area (Å²) in [6.45, 7) is 1.24. The van der Waals surface area contributed by atoms with Gasteiger partial charge < -0.3 is 19.3 Å². The van der Waals surface area contributed by atoms with Gasteiger partial charge in [0.15, 0.2) is 6.61 Å². The third-order valence-corrected chi connectivity index (χ3v) is 6.89.